The summed E-state index contributed by atoms with van der Waals surface area (Å²) in [5.41, 5.74) is 0.531. The Kier molecular flexibility index (Phi) is 46.8. The fourth-order valence-corrected chi connectivity index (χ4v) is 9.99. The summed E-state index contributed by atoms with van der Waals surface area (Å²) >= 11 is 1.10. The second kappa shape index (κ2) is 52.2. The van der Waals surface area contributed by atoms with E-state index < -0.39 is 27.6 Å². The van der Waals surface area contributed by atoms with Gasteiger partial charge in [-0.1, -0.05) is 6.92 Å². The van der Waals surface area contributed by atoms with E-state index in [-0.39, 0.29) is 98.3 Å². The molecule has 0 radical (unpaired) electrons. The number of carbonyl (C=O) groups excluding carboxylic acids is 5. The number of rotatable bonds is 55. The molecule has 0 saturated heterocycles. The second-order valence-corrected chi connectivity index (χ2v) is 22.2. The Morgan fingerprint density at radius 3 is 1.66 bits per heavy atom. The van der Waals surface area contributed by atoms with E-state index in [0.717, 1.165) is 43.1 Å². The third-order valence-corrected chi connectivity index (χ3v) is 14.7. The van der Waals surface area contributed by atoms with Gasteiger partial charge in [0, 0.05) is 81.8 Å². The first-order valence-corrected chi connectivity index (χ1v) is 32.7. The molecule has 5 N–H and O–H groups in total. The number of sulfonamides is 1. The number of benzene rings is 1. The van der Waals surface area contributed by atoms with Crippen LogP contribution in [0.25, 0.3) is 11.0 Å². The molecular weight excluding hydrogens is 1220 g/mol. The highest BCUT2D eigenvalue weighted by Gasteiger charge is 2.23. The van der Waals surface area contributed by atoms with Crippen LogP contribution in [0.1, 0.15) is 81.5 Å². The third kappa shape index (κ3) is 38.5. The SMILES string of the molecule is CCCOCCOCCOCCOCCOCCOCCNS(=O)(=O)c1nc(NC(C)=O)sc1C.CCN(CC)c1ccc2cc(C(=O)NCCCCC(NC(=O)CCOCCOC)C(=O)NCCOCCOCCOCCOCCC(=O)OC)c(=O)oc2c1. The second-order valence-electron chi connectivity index (χ2n) is 19.3. The summed E-state index contributed by atoms with van der Waals surface area (Å²) < 4.78 is 101. The number of thiazole rings is 1. The van der Waals surface area contributed by atoms with Gasteiger partial charge in [-0.3, -0.25) is 24.0 Å². The van der Waals surface area contributed by atoms with Crippen molar-refractivity contribution in [3.8, 4) is 0 Å². The Labute approximate surface area is 533 Å². The van der Waals surface area contributed by atoms with Gasteiger partial charge in [0.2, 0.25) is 17.7 Å². The minimum Gasteiger partial charge on any atom is -0.469 e. The van der Waals surface area contributed by atoms with Gasteiger partial charge in [0.15, 0.2) is 10.2 Å². The summed E-state index contributed by atoms with van der Waals surface area (Å²) in [7, 11) is -0.895. The Balaban J connectivity index is 0.000000678. The van der Waals surface area contributed by atoms with E-state index in [9.17, 15) is 37.2 Å². The van der Waals surface area contributed by atoms with Crippen LogP contribution in [0.5, 0.6) is 0 Å². The number of nitrogens with one attached hydrogen (secondary N) is 5. The predicted molar refractivity (Wildman–Crippen MR) is 336 cm³/mol. The molecule has 0 spiro atoms. The maximum atomic E-state index is 13.0. The smallest absolute Gasteiger partial charge is 0.349 e. The van der Waals surface area contributed by atoms with Gasteiger partial charge in [0.25, 0.3) is 15.9 Å². The van der Waals surface area contributed by atoms with Crippen LogP contribution in [0.3, 0.4) is 0 Å². The maximum absolute atomic E-state index is 13.0. The lowest BCUT2D eigenvalue weighted by molar-refractivity contribution is -0.142. The highest BCUT2D eigenvalue weighted by atomic mass is 32.2. The summed E-state index contributed by atoms with van der Waals surface area (Å²) in [5.74, 6) is -1.87. The Morgan fingerprint density at radius 1 is 0.622 bits per heavy atom. The number of hydrogen-bond acceptors (Lipinski definition) is 25. The van der Waals surface area contributed by atoms with Crippen molar-refractivity contribution in [2.45, 2.75) is 84.2 Å². The molecule has 31 heteroatoms. The molecule has 2 heterocycles. The van der Waals surface area contributed by atoms with Gasteiger partial charge < -0.3 is 92.2 Å². The van der Waals surface area contributed by atoms with Crippen LogP contribution < -0.4 is 36.5 Å². The third-order valence-electron chi connectivity index (χ3n) is 12.2. The van der Waals surface area contributed by atoms with E-state index in [0.29, 0.717) is 154 Å². The molecule has 90 heavy (non-hydrogen) atoms. The number of nitrogens with zero attached hydrogens (tertiary/aromatic N) is 2. The Morgan fingerprint density at radius 2 is 1.13 bits per heavy atom. The number of anilines is 2. The summed E-state index contributed by atoms with van der Waals surface area (Å²) in [4.78, 5) is 79.9. The van der Waals surface area contributed by atoms with Crippen molar-refractivity contribution in [3.63, 3.8) is 0 Å². The molecule has 1 unspecified atom stereocenters. The number of aryl methyl sites for hydroxylation is 1. The largest absolute Gasteiger partial charge is 0.469 e. The molecule has 0 aliphatic carbocycles. The van der Waals surface area contributed by atoms with E-state index in [1.54, 1.807) is 20.1 Å². The van der Waals surface area contributed by atoms with Gasteiger partial charge in [-0.25, -0.2) is 22.9 Å². The molecule has 0 aliphatic heterocycles. The first-order valence-electron chi connectivity index (χ1n) is 30.4. The summed E-state index contributed by atoms with van der Waals surface area (Å²) in [6.07, 6.45) is 2.61. The molecule has 2 aromatic heterocycles. The van der Waals surface area contributed by atoms with Crippen molar-refractivity contribution in [1.29, 1.82) is 0 Å². The monoisotopic (exact) mass is 1320 g/mol. The van der Waals surface area contributed by atoms with Crippen LogP contribution in [0, 0.1) is 6.92 Å². The zero-order valence-electron chi connectivity index (χ0n) is 53.6. The van der Waals surface area contributed by atoms with Gasteiger partial charge >= 0.3 is 11.6 Å². The lowest BCUT2D eigenvalue weighted by atomic mass is 10.1. The van der Waals surface area contributed by atoms with Crippen molar-refractivity contribution in [1.82, 2.24) is 25.7 Å². The van der Waals surface area contributed by atoms with E-state index in [4.69, 9.17) is 61.3 Å². The number of carbonyl (C=O) groups is 5. The van der Waals surface area contributed by atoms with E-state index in [1.807, 2.05) is 26.0 Å². The number of hydrogen-bond donors (Lipinski definition) is 5. The van der Waals surface area contributed by atoms with Gasteiger partial charge in [0.05, 0.1) is 159 Å². The molecule has 0 bridgehead atoms. The molecule has 3 rings (SSSR count). The molecule has 0 saturated carbocycles. The number of esters is 1. The van der Waals surface area contributed by atoms with Crippen LogP contribution in [0.4, 0.5) is 10.8 Å². The van der Waals surface area contributed by atoms with Gasteiger partial charge in [-0.05, 0) is 64.7 Å². The standard InChI is InChI=1S/C38H60N4O13.C21H39N3O9S2/c1-5-42(6-2)30-11-10-29-27-31(38(47)55-33(29)28-30)36(45)39-14-8-7-9-32(41-34(43)12-16-50-20-19-48-3)37(46)40-15-18-52-22-24-54-26-25-53-23-21-51-17-13-35(44)49-4;1-4-6-28-8-10-30-12-14-32-16-17-33-15-13-31-11-9-29-7-5-22-35(26,27)20-18(2)34-21(24-20)23-19(3)25/h10-11,27-28,32H,5-9,12-26H2,1-4H3,(H,39,45)(H,40,46)(H,41,43);22H,4-17H2,1-3H3,(H,23,24,25). The molecule has 0 fully saturated rings. The van der Waals surface area contributed by atoms with Crippen molar-refractivity contribution in [2.24, 2.45) is 0 Å². The van der Waals surface area contributed by atoms with Crippen LogP contribution >= 0.6 is 11.3 Å². The van der Waals surface area contributed by atoms with Crippen molar-refractivity contribution in [2.75, 3.05) is 209 Å². The van der Waals surface area contributed by atoms with Crippen molar-refractivity contribution in [3.05, 3.63) is 45.1 Å². The topological polar surface area (TPSA) is 346 Å². The summed E-state index contributed by atoms with van der Waals surface area (Å²) in [6, 6.07) is 6.28. The molecule has 4 amide bonds. The fraction of sp³-hybridized carbons (Fsp3) is 0.712. The maximum Gasteiger partial charge on any atom is 0.349 e. The van der Waals surface area contributed by atoms with E-state index in [2.05, 4.69) is 47.5 Å². The average Bonchev–Trinajstić information content (AvgIpc) is 2.50. The molecule has 1 atom stereocenters. The number of aromatic nitrogens is 1. The van der Waals surface area contributed by atoms with Crippen LogP contribution in [0.15, 0.2) is 38.5 Å². The van der Waals surface area contributed by atoms with Gasteiger partial charge in [-0.15, -0.1) is 11.3 Å². The lowest BCUT2D eigenvalue weighted by Gasteiger charge is -2.21. The molecule has 3 aromatic rings. The highest BCUT2D eigenvalue weighted by Crippen LogP contribution is 2.25. The van der Waals surface area contributed by atoms with E-state index >= 15 is 0 Å². The summed E-state index contributed by atoms with van der Waals surface area (Å²) in [6.45, 7) is 20.7. The van der Waals surface area contributed by atoms with Gasteiger partial charge in [0.1, 0.15) is 17.2 Å². The first kappa shape index (κ1) is 80.7. The Hall–Kier alpha value is -5.36. The quantitative estimate of drug-likeness (QED) is 0.0308. The molecule has 29 nitrogen and oxygen atoms in total. The van der Waals surface area contributed by atoms with Crippen LogP contribution in [-0.2, 0) is 90.8 Å². The van der Waals surface area contributed by atoms with Gasteiger partial charge in [-0.2, -0.15) is 0 Å². The normalized spacial score (nSPS) is 11.7. The number of ether oxygens (including phenoxy) is 13. The molecule has 0 aliphatic rings. The molecular formula is C59H99N7O22S2. The highest BCUT2D eigenvalue weighted by molar-refractivity contribution is 7.89. The number of methoxy groups -OCH3 is 2. The van der Waals surface area contributed by atoms with Crippen LogP contribution in [0.2, 0.25) is 0 Å². The zero-order chi connectivity index (χ0) is 65.9. The number of unbranched alkanes of at least 4 members (excludes halogenated alkanes) is 1. The zero-order valence-corrected chi connectivity index (χ0v) is 55.3. The fourth-order valence-electron chi connectivity index (χ4n) is 7.65. The van der Waals surface area contributed by atoms with Crippen molar-refractivity contribution < 1.29 is 98.4 Å². The minimum atomic E-state index is -3.78. The number of fused-ring (bicyclic) bond motifs is 1. The minimum absolute atomic E-state index is 0.0770. The molecule has 1 aromatic carbocycles. The average molecular weight is 1320 g/mol. The first-order chi connectivity index (χ1) is 43.6. The number of amides is 4. The lowest BCUT2D eigenvalue weighted by Crippen LogP contribution is -2.47. The predicted octanol–water partition coefficient (Wildman–Crippen LogP) is 3.02. The molecule has 514 valence electrons. The summed E-state index contributed by atoms with van der Waals surface area (Å²) in [5, 5.41) is 11.6. The van der Waals surface area contributed by atoms with Crippen molar-refractivity contribution >= 4 is 72.7 Å². The van der Waals surface area contributed by atoms with Crippen LogP contribution in [-0.4, -0.2) is 248 Å². The Bertz CT molecular complexity index is 2590. The van der Waals surface area contributed by atoms with E-state index in [1.165, 1.54) is 20.1 Å².